The minimum atomic E-state index is 0.823. The molecule has 0 heterocycles. The van der Waals surface area contributed by atoms with Crippen LogP contribution >= 0.6 is 0 Å². The van der Waals surface area contributed by atoms with Crippen LogP contribution in [-0.4, -0.2) is 24.0 Å². The van der Waals surface area contributed by atoms with Gasteiger partial charge in [-0.15, -0.1) is 0 Å². The van der Waals surface area contributed by atoms with Gasteiger partial charge in [-0.05, 0) is 24.7 Å². The molecule has 0 atom stereocenters. The van der Waals surface area contributed by atoms with Gasteiger partial charge in [-0.3, -0.25) is 4.90 Å². The normalized spacial score (nSPS) is 18.2. The minimum absolute atomic E-state index is 0.823. The first kappa shape index (κ1) is 10.0. The maximum Gasteiger partial charge on any atom is 0.00966 e. The van der Waals surface area contributed by atoms with Crippen LogP contribution in [0.25, 0.3) is 0 Å². The van der Waals surface area contributed by atoms with E-state index in [0.717, 1.165) is 17.9 Å². The second-order valence-corrected chi connectivity index (χ2v) is 4.97. The van der Waals surface area contributed by atoms with E-state index < -0.39 is 0 Å². The topological polar surface area (TPSA) is 3.24 Å². The zero-order valence-corrected chi connectivity index (χ0v) is 9.01. The van der Waals surface area contributed by atoms with Gasteiger partial charge in [0.1, 0.15) is 0 Å². The average molecular weight is 169 g/mol. The van der Waals surface area contributed by atoms with Crippen molar-refractivity contribution in [2.24, 2.45) is 11.8 Å². The molecule has 0 radical (unpaired) electrons. The SMILES string of the molecule is CC(C)CN(CC(C)C)C1CC1. The van der Waals surface area contributed by atoms with Crippen LogP contribution in [0.1, 0.15) is 40.5 Å². The van der Waals surface area contributed by atoms with Crippen LogP contribution in [0.15, 0.2) is 0 Å². The van der Waals surface area contributed by atoms with Gasteiger partial charge in [0.15, 0.2) is 0 Å². The van der Waals surface area contributed by atoms with E-state index in [4.69, 9.17) is 0 Å². The zero-order valence-electron chi connectivity index (χ0n) is 9.01. The summed E-state index contributed by atoms with van der Waals surface area (Å²) in [5.41, 5.74) is 0. The van der Waals surface area contributed by atoms with Gasteiger partial charge >= 0.3 is 0 Å². The predicted molar refractivity (Wildman–Crippen MR) is 54.3 cm³/mol. The van der Waals surface area contributed by atoms with E-state index in [1.807, 2.05) is 0 Å². The summed E-state index contributed by atoms with van der Waals surface area (Å²) in [6, 6.07) is 0.940. The molecule has 12 heavy (non-hydrogen) atoms. The molecule has 1 nitrogen and oxygen atoms in total. The Morgan fingerprint density at radius 1 is 1.00 bits per heavy atom. The Balaban J connectivity index is 2.27. The van der Waals surface area contributed by atoms with E-state index in [0.29, 0.717) is 0 Å². The summed E-state index contributed by atoms with van der Waals surface area (Å²) in [6.07, 6.45) is 2.89. The third-order valence-electron chi connectivity index (χ3n) is 2.26. The third kappa shape index (κ3) is 3.57. The van der Waals surface area contributed by atoms with E-state index >= 15 is 0 Å². The molecule has 0 amide bonds. The summed E-state index contributed by atoms with van der Waals surface area (Å²) in [5.74, 6) is 1.65. The van der Waals surface area contributed by atoms with Crippen molar-refractivity contribution in [1.29, 1.82) is 0 Å². The van der Waals surface area contributed by atoms with Gasteiger partial charge in [0.05, 0.1) is 0 Å². The van der Waals surface area contributed by atoms with Crippen LogP contribution in [0, 0.1) is 11.8 Å². The van der Waals surface area contributed by atoms with Gasteiger partial charge in [-0.1, -0.05) is 27.7 Å². The Bertz CT molecular complexity index is 115. The Kier molecular flexibility index (Phi) is 3.57. The molecular weight excluding hydrogens is 146 g/mol. The Morgan fingerprint density at radius 3 is 1.67 bits per heavy atom. The molecule has 0 aromatic heterocycles. The Morgan fingerprint density at radius 2 is 1.42 bits per heavy atom. The molecule has 1 aliphatic carbocycles. The van der Waals surface area contributed by atoms with Gasteiger partial charge in [-0.2, -0.15) is 0 Å². The molecule has 0 aromatic carbocycles. The summed E-state index contributed by atoms with van der Waals surface area (Å²) in [5, 5.41) is 0. The van der Waals surface area contributed by atoms with Gasteiger partial charge in [0.25, 0.3) is 0 Å². The quantitative estimate of drug-likeness (QED) is 0.611. The summed E-state index contributed by atoms with van der Waals surface area (Å²) in [4.78, 5) is 2.68. The maximum absolute atomic E-state index is 2.68. The number of hydrogen-bond donors (Lipinski definition) is 0. The highest BCUT2D eigenvalue weighted by atomic mass is 15.2. The first-order valence-electron chi connectivity index (χ1n) is 5.33. The lowest BCUT2D eigenvalue weighted by molar-refractivity contribution is 0.210. The van der Waals surface area contributed by atoms with Gasteiger partial charge in [-0.25, -0.2) is 0 Å². The van der Waals surface area contributed by atoms with Crippen molar-refractivity contribution in [3.05, 3.63) is 0 Å². The van der Waals surface area contributed by atoms with Crippen LogP contribution < -0.4 is 0 Å². The van der Waals surface area contributed by atoms with E-state index in [1.165, 1.54) is 25.9 Å². The zero-order chi connectivity index (χ0) is 9.14. The highest BCUT2D eigenvalue weighted by Crippen LogP contribution is 2.28. The summed E-state index contributed by atoms with van der Waals surface area (Å²) in [7, 11) is 0. The third-order valence-corrected chi connectivity index (χ3v) is 2.26. The summed E-state index contributed by atoms with van der Waals surface area (Å²) >= 11 is 0. The average Bonchev–Trinajstić information content (AvgIpc) is 2.63. The fourth-order valence-electron chi connectivity index (χ4n) is 1.75. The molecule has 0 N–H and O–H groups in total. The fourth-order valence-corrected chi connectivity index (χ4v) is 1.75. The predicted octanol–water partition coefficient (Wildman–Crippen LogP) is 2.76. The van der Waals surface area contributed by atoms with Crippen LogP contribution in [0.5, 0.6) is 0 Å². The number of nitrogens with zero attached hydrogens (tertiary/aromatic N) is 1. The van der Waals surface area contributed by atoms with Crippen molar-refractivity contribution in [3.8, 4) is 0 Å². The minimum Gasteiger partial charge on any atom is -0.300 e. The molecule has 1 heteroatoms. The van der Waals surface area contributed by atoms with E-state index in [2.05, 4.69) is 32.6 Å². The lowest BCUT2D eigenvalue weighted by atomic mass is 10.1. The smallest absolute Gasteiger partial charge is 0.00966 e. The van der Waals surface area contributed by atoms with E-state index in [-0.39, 0.29) is 0 Å². The molecule has 1 aliphatic rings. The largest absolute Gasteiger partial charge is 0.300 e. The molecule has 72 valence electrons. The molecule has 0 bridgehead atoms. The number of rotatable bonds is 5. The first-order valence-corrected chi connectivity index (χ1v) is 5.33. The van der Waals surface area contributed by atoms with Gasteiger partial charge in [0, 0.05) is 19.1 Å². The van der Waals surface area contributed by atoms with Crippen LogP contribution in [0.2, 0.25) is 0 Å². The molecule has 1 rings (SSSR count). The lowest BCUT2D eigenvalue weighted by Crippen LogP contribution is -2.33. The fraction of sp³-hybridized carbons (Fsp3) is 1.00. The highest BCUT2D eigenvalue weighted by molar-refractivity contribution is 4.85. The Labute approximate surface area is 77.1 Å². The molecule has 1 fully saturated rings. The lowest BCUT2D eigenvalue weighted by Gasteiger charge is -2.25. The highest BCUT2D eigenvalue weighted by Gasteiger charge is 2.29. The van der Waals surface area contributed by atoms with Gasteiger partial charge < -0.3 is 0 Å². The van der Waals surface area contributed by atoms with Crippen molar-refractivity contribution < 1.29 is 0 Å². The van der Waals surface area contributed by atoms with Crippen LogP contribution in [0.3, 0.4) is 0 Å². The Hall–Kier alpha value is -0.0400. The van der Waals surface area contributed by atoms with Crippen molar-refractivity contribution in [1.82, 2.24) is 4.90 Å². The van der Waals surface area contributed by atoms with Gasteiger partial charge in [0.2, 0.25) is 0 Å². The molecule has 0 aromatic rings. The molecule has 0 unspecified atom stereocenters. The van der Waals surface area contributed by atoms with E-state index in [1.54, 1.807) is 0 Å². The first-order chi connectivity index (χ1) is 5.59. The van der Waals surface area contributed by atoms with Crippen LogP contribution in [-0.2, 0) is 0 Å². The second-order valence-electron chi connectivity index (χ2n) is 4.97. The number of hydrogen-bond acceptors (Lipinski definition) is 1. The van der Waals surface area contributed by atoms with Crippen molar-refractivity contribution >= 4 is 0 Å². The molecule has 0 aliphatic heterocycles. The maximum atomic E-state index is 2.68. The van der Waals surface area contributed by atoms with Crippen molar-refractivity contribution in [2.45, 2.75) is 46.6 Å². The summed E-state index contributed by atoms with van der Waals surface area (Å²) < 4.78 is 0. The monoisotopic (exact) mass is 169 g/mol. The second kappa shape index (κ2) is 4.27. The molecular formula is C11H23N. The standard InChI is InChI=1S/C11H23N/c1-9(2)7-12(8-10(3)4)11-5-6-11/h9-11H,5-8H2,1-4H3. The molecule has 0 spiro atoms. The van der Waals surface area contributed by atoms with Crippen molar-refractivity contribution in [3.63, 3.8) is 0 Å². The van der Waals surface area contributed by atoms with E-state index in [9.17, 15) is 0 Å². The summed E-state index contributed by atoms with van der Waals surface area (Å²) in [6.45, 7) is 11.8. The molecule has 0 saturated heterocycles. The van der Waals surface area contributed by atoms with Crippen LogP contribution in [0.4, 0.5) is 0 Å². The van der Waals surface area contributed by atoms with Crippen molar-refractivity contribution in [2.75, 3.05) is 13.1 Å². The molecule has 1 saturated carbocycles.